The van der Waals surface area contributed by atoms with Gasteiger partial charge in [-0.3, -0.25) is 4.55 Å². The molecule has 0 atom stereocenters. The van der Waals surface area contributed by atoms with Crippen molar-refractivity contribution in [2.75, 3.05) is 0 Å². The number of benzene rings is 2. The van der Waals surface area contributed by atoms with Crippen LogP contribution in [0.3, 0.4) is 0 Å². The molecule has 0 aliphatic carbocycles. The molecule has 3 rings (SSSR count). The summed E-state index contributed by atoms with van der Waals surface area (Å²) >= 11 is 11.8. The first-order valence-corrected chi connectivity index (χ1v) is 8.47. The van der Waals surface area contributed by atoms with Crippen LogP contribution >= 0.6 is 23.2 Å². The van der Waals surface area contributed by atoms with E-state index in [1.54, 1.807) is 18.2 Å². The summed E-state index contributed by atoms with van der Waals surface area (Å²) in [7, 11) is -4.29. The molecule has 0 unspecified atom stereocenters. The van der Waals surface area contributed by atoms with Crippen LogP contribution in [-0.4, -0.2) is 18.0 Å². The average molecular weight is 374 g/mol. The Morgan fingerprint density at radius 3 is 2.65 bits per heavy atom. The number of rotatable bonds is 4. The molecule has 0 spiro atoms. The second-order valence-electron chi connectivity index (χ2n) is 4.58. The molecular formula is C14H9Cl2NO5S. The lowest BCUT2D eigenvalue weighted by Gasteiger charge is -2.05. The van der Waals surface area contributed by atoms with E-state index in [4.69, 9.17) is 36.9 Å². The van der Waals surface area contributed by atoms with Gasteiger partial charge in [0.05, 0.1) is 9.92 Å². The van der Waals surface area contributed by atoms with Gasteiger partial charge in [-0.15, -0.1) is 0 Å². The lowest BCUT2D eigenvalue weighted by molar-refractivity contribution is 0.267. The SMILES string of the molecule is O=S(=O)(O)c1ccc2oc(COc3ccc(Cl)cc3Cl)nc2c1. The highest BCUT2D eigenvalue weighted by Gasteiger charge is 2.14. The summed E-state index contributed by atoms with van der Waals surface area (Å²) in [6, 6.07) is 8.64. The van der Waals surface area contributed by atoms with Crippen LogP contribution in [-0.2, 0) is 16.7 Å². The third-order valence-electron chi connectivity index (χ3n) is 2.95. The Balaban J connectivity index is 1.83. The molecule has 0 fully saturated rings. The normalized spacial score (nSPS) is 11.8. The standard InChI is InChI=1S/C14H9Cl2NO5S/c15-8-1-3-12(10(16)5-8)21-7-14-17-11-6-9(23(18,19)20)2-4-13(11)22-14/h1-6H,7H2,(H,18,19,20). The topological polar surface area (TPSA) is 89.6 Å². The Morgan fingerprint density at radius 1 is 1.17 bits per heavy atom. The molecule has 0 aliphatic heterocycles. The van der Waals surface area contributed by atoms with Crippen molar-refractivity contribution in [1.29, 1.82) is 0 Å². The molecular weight excluding hydrogens is 365 g/mol. The zero-order chi connectivity index (χ0) is 16.6. The molecule has 0 aliphatic rings. The van der Waals surface area contributed by atoms with E-state index in [0.717, 1.165) is 0 Å². The summed E-state index contributed by atoms with van der Waals surface area (Å²) in [5.41, 5.74) is 0.666. The van der Waals surface area contributed by atoms with E-state index in [1.807, 2.05) is 0 Å². The third-order valence-corrected chi connectivity index (χ3v) is 4.33. The molecule has 3 aromatic rings. The number of nitrogens with zero attached hydrogens (tertiary/aromatic N) is 1. The van der Waals surface area contributed by atoms with E-state index in [-0.39, 0.29) is 17.4 Å². The molecule has 1 heterocycles. The first kappa shape index (κ1) is 16.1. The Labute approximate surface area is 141 Å². The van der Waals surface area contributed by atoms with Crippen LogP contribution in [0.1, 0.15) is 5.89 Å². The monoisotopic (exact) mass is 373 g/mol. The highest BCUT2D eigenvalue weighted by molar-refractivity contribution is 7.85. The molecule has 23 heavy (non-hydrogen) atoms. The summed E-state index contributed by atoms with van der Waals surface area (Å²) in [5.74, 6) is 0.649. The number of aromatic nitrogens is 1. The molecule has 0 radical (unpaired) electrons. The van der Waals surface area contributed by atoms with Crippen LogP contribution in [0.15, 0.2) is 45.7 Å². The molecule has 2 aromatic carbocycles. The van der Waals surface area contributed by atoms with Crippen molar-refractivity contribution in [1.82, 2.24) is 4.98 Å². The van der Waals surface area contributed by atoms with Crippen molar-refractivity contribution in [3.05, 3.63) is 52.3 Å². The number of hydrogen-bond acceptors (Lipinski definition) is 5. The van der Waals surface area contributed by atoms with Gasteiger partial charge in [-0.05, 0) is 36.4 Å². The fourth-order valence-corrected chi connectivity index (χ4v) is 2.87. The van der Waals surface area contributed by atoms with E-state index in [9.17, 15) is 8.42 Å². The Morgan fingerprint density at radius 2 is 1.96 bits per heavy atom. The second kappa shape index (κ2) is 6.01. The maximum atomic E-state index is 11.1. The molecule has 0 saturated heterocycles. The van der Waals surface area contributed by atoms with Gasteiger partial charge in [-0.1, -0.05) is 23.2 Å². The van der Waals surface area contributed by atoms with Gasteiger partial charge < -0.3 is 9.15 Å². The highest BCUT2D eigenvalue weighted by Crippen LogP contribution is 2.28. The van der Waals surface area contributed by atoms with Crippen molar-refractivity contribution in [3.63, 3.8) is 0 Å². The fourth-order valence-electron chi connectivity index (χ4n) is 1.91. The molecule has 9 heteroatoms. The van der Waals surface area contributed by atoms with Gasteiger partial charge in [-0.25, -0.2) is 4.98 Å². The van der Waals surface area contributed by atoms with Crippen molar-refractivity contribution < 1.29 is 22.1 Å². The molecule has 6 nitrogen and oxygen atoms in total. The van der Waals surface area contributed by atoms with Gasteiger partial charge in [-0.2, -0.15) is 8.42 Å². The number of ether oxygens (including phenoxy) is 1. The van der Waals surface area contributed by atoms with E-state index >= 15 is 0 Å². The minimum absolute atomic E-state index is 0.00274. The van der Waals surface area contributed by atoms with Crippen LogP contribution in [0.25, 0.3) is 11.1 Å². The minimum atomic E-state index is -4.29. The van der Waals surface area contributed by atoms with Crippen molar-refractivity contribution in [3.8, 4) is 5.75 Å². The highest BCUT2D eigenvalue weighted by atomic mass is 35.5. The van der Waals surface area contributed by atoms with E-state index in [1.165, 1.54) is 18.2 Å². The van der Waals surface area contributed by atoms with Gasteiger partial charge in [0, 0.05) is 5.02 Å². The Hall–Kier alpha value is -1.80. The third kappa shape index (κ3) is 3.59. The number of hydrogen-bond donors (Lipinski definition) is 1. The van der Waals surface area contributed by atoms with Crippen LogP contribution in [0.5, 0.6) is 5.75 Å². The Kier molecular flexibility index (Phi) is 4.20. The van der Waals surface area contributed by atoms with Crippen molar-refractivity contribution >= 4 is 44.4 Å². The lowest BCUT2D eigenvalue weighted by atomic mass is 10.3. The van der Waals surface area contributed by atoms with E-state index in [0.29, 0.717) is 26.9 Å². The van der Waals surface area contributed by atoms with Crippen LogP contribution in [0.4, 0.5) is 0 Å². The molecule has 1 aromatic heterocycles. The Bertz CT molecular complexity index is 984. The first-order valence-electron chi connectivity index (χ1n) is 6.28. The van der Waals surface area contributed by atoms with Gasteiger partial charge in [0.25, 0.3) is 10.1 Å². The number of halogens is 2. The molecule has 0 saturated carbocycles. The number of oxazole rings is 1. The summed E-state index contributed by atoms with van der Waals surface area (Å²) in [4.78, 5) is 3.85. The van der Waals surface area contributed by atoms with Gasteiger partial charge in [0.2, 0.25) is 5.89 Å². The van der Waals surface area contributed by atoms with Crippen LogP contribution in [0.2, 0.25) is 10.0 Å². The maximum Gasteiger partial charge on any atom is 0.294 e. The molecule has 0 bridgehead atoms. The fraction of sp³-hybridized carbons (Fsp3) is 0.0714. The van der Waals surface area contributed by atoms with Crippen molar-refractivity contribution in [2.45, 2.75) is 11.5 Å². The predicted octanol–water partition coefficient (Wildman–Crippen LogP) is 3.96. The summed E-state index contributed by atoms with van der Waals surface area (Å²) in [5, 5.41) is 0.837. The summed E-state index contributed by atoms with van der Waals surface area (Å²) in [6.45, 7) is -0.00274. The zero-order valence-corrected chi connectivity index (χ0v) is 13.7. The predicted molar refractivity (Wildman–Crippen MR) is 84.6 cm³/mol. The van der Waals surface area contributed by atoms with Gasteiger partial charge in [0.1, 0.15) is 11.3 Å². The lowest BCUT2D eigenvalue weighted by Crippen LogP contribution is -1.97. The van der Waals surface area contributed by atoms with Crippen LogP contribution < -0.4 is 4.74 Å². The van der Waals surface area contributed by atoms with Gasteiger partial charge >= 0.3 is 0 Å². The minimum Gasteiger partial charge on any atom is -0.482 e. The molecule has 1 N–H and O–H groups in total. The molecule has 0 amide bonds. The average Bonchev–Trinajstić information content (AvgIpc) is 2.87. The first-order chi connectivity index (χ1) is 10.8. The van der Waals surface area contributed by atoms with E-state index < -0.39 is 10.1 Å². The van der Waals surface area contributed by atoms with Gasteiger partial charge in [0.15, 0.2) is 12.2 Å². The van der Waals surface area contributed by atoms with E-state index in [2.05, 4.69) is 4.98 Å². The molecule has 120 valence electrons. The largest absolute Gasteiger partial charge is 0.482 e. The maximum absolute atomic E-state index is 11.1. The zero-order valence-electron chi connectivity index (χ0n) is 11.4. The second-order valence-corrected chi connectivity index (χ2v) is 6.84. The van der Waals surface area contributed by atoms with Crippen LogP contribution in [0, 0.1) is 0 Å². The quantitative estimate of drug-likeness (QED) is 0.696. The number of fused-ring (bicyclic) bond motifs is 1. The van der Waals surface area contributed by atoms with Crippen molar-refractivity contribution in [2.24, 2.45) is 0 Å². The summed E-state index contributed by atoms with van der Waals surface area (Å²) < 4.78 is 42.2. The summed E-state index contributed by atoms with van der Waals surface area (Å²) in [6.07, 6.45) is 0. The smallest absolute Gasteiger partial charge is 0.294 e.